The summed E-state index contributed by atoms with van der Waals surface area (Å²) in [6, 6.07) is 10.5. The third-order valence-electron chi connectivity index (χ3n) is 4.52. The van der Waals surface area contributed by atoms with Gasteiger partial charge in [0.25, 0.3) is 11.5 Å². The molecule has 0 aliphatic heterocycles. The van der Waals surface area contributed by atoms with Crippen molar-refractivity contribution in [3.05, 3.63) is 52.4 Å². The number of methoxy groups -OCH3 is 1. The molecule has 0 atom stereocenters. The van der Waals surface area contributed by atoms with Gasteiger partial charge in [-0.1, -0.05) is 43.9 Å². The van der Waals surface area contributed by atoms with Gasteiger partial charge in [-0.15, -0.1) is 0 Å². The van der Waals surface area contributed by atoms with Crippen molar-refractivity contribution in [3.63, 3.8) is 0 Å². The van der Waals surface area contributed by atoms with E-state index >= 15 is 0 Å². The van der Waals surface area contributed by atoms with Gasteiger partial charge in [0.05, 0.1) is 18.9 Å². The highest BCUT2D eigenvalue weighted by molar-refractivity contribution is 5.95. The topological polar surface area (TPSA) is 73.2 Å². The molecule has 132 valence electrons. The van der Waals surface area contributed by atoms with Crippen molar-refractivity contribution in [1.82, 2.24) is 15.1 Å². The van der Waals surface area contributed by atoms with Crippen molar-refractivity contribution < 1.29 is 9.53 Å². The summed E-state index contributed by atoms with van der Waals surface area (Å²) in [7, 11) is 1.44. The summed E-state index contributed by atoms with van der Waals surface area (Å²) in [4.78, 5) is 25.0. The predicted octanol–water partition coefficient (Wildman–Crippen LogP) is 2.69. The number of nitrogens with one attached hydrogen (secondary N) is 1. The first-order chi connectivity index (χ1) is 12.2. The van der Waals surface area contributed by atoms with Gasteiger partial charge < -0.3 is 10.1 Å². The van der Waals surface area contributed by atoms with Crippen LogP contribution < -0.4 is 15.6 Å². The third kappa shape index (κ3) is 4.07. The molecule has 6 heteroatoms. The zero-order chi connectivity index (χ0) is 17.6. The van der Waals surface area contributed by atoms with E-state index in [1.165, 1.54) is 30.7 Å². The standard InChI is InChI=1S/C19H23N3O3/c1-25-16-13-17(23)22(15-11-7-4-8-12-15)21-18(16)19(24)20-14-9-5-2-3-6-10-14/h4,7-8,11-14H,2-3,5-6,9-10H2,1H3,(H,20,24). The second-order valence-electron chi connectivity index (χ2n) is 6.31. The lowest BCUT2D eigenvalue weighted by molar-refractivity contribution is 0.0923. The van der Waals surface area contributed by atoms with Crippen LogP contribution in [-0.4, -0.2) is 28.8 Å². The monoisotopic (exact) mass is 341 g/mol. The zero-order valence-corrected chi connectivity index (χ0v) is 14.4. The van der Waals surface area contributed by atoms with Gasteiger partial charge in [-0.3, -0.25) is 9.59 Å². The van der Waals surface area contributed by atoms with E-state index in [1.54, 1.807) is 12.1 Å². The lowest BCUT2D eigenvalue weighted by atomic mass is 10.1. The number of carbonyl (C=O) groups is 1. The van der Waals surface area contributed by atoms with Crippen LogP contribution in [0.15, 0.2) is 41.2 Å². The Hall–Kier alpha value is -2.63. The maximum absolute atomic E-state index is 12.7. The van der Waals surface area contributed by atoms with Crippen molar-refractivity contribution >= 4 is 5.91 Å². The Kier molecular flexibility index (Phi) is 5.48. The average Bonchev–Trinajstić information content (AvgIpc) is 2.90. The normalized spacial score (nSPS) is 15.4. The van der Waals surface area contributed by atoms with Crippen LogP contribution in [0.4, 0.5) is 0 Å². The molecule has 0 spiro atoms. The Morgan fingerprint density at radius 2 is 1.84 bits per heavy atom. The van der Waals surface area contributed by atoms with Crippen LogP contribution in [0.2, 0.25) is 0 Å². The van der Waals surface area contributed by atoms with Crippen LogP contribution >= 0.6 is 0 Å². The minimum absolute atomic E-state index is 0.134. The summed E-state index contributed by atoms with van der Waals surface area (Å²) >= 11 is 0. The van der Waals surface area contributed by atoms with Crippen LogP contribution in [0, 0.1) is 0 Å². The molecule has 1 aromatic heterocycles. The van der Waals surface area contributed by atoms with Gasteiger partial charge in [0, 0.05) is 6.04 Å². The van der Waals surface area contributed by atoms with Crippen molar-refractivity contribution in [2.45, 2.75) is 44.6 Å². The lowest BCUT2D eigenvalue weighted by Crippen LogP contribution is -2.36. The minimum Gasteiger partial charge on any atom is -0.494 e. The highest BCUT2D eigenvalue weighted by Crippen LogP contribution is 2.19. The SMILES string of the molecule is COc1cc(=O)n(-c2ccccc2)nc1C(=O)NC1CCCCCC1. The summed E-state index contributed by atoms with van der Waals surface area (Å²) in [5, 5.41) is 7.32. The molecule has 1 aromatic carbocycles. The molecule has 1 aliphatic carbocycles. The van der Waals surface area contributed by atoms with Crippen molar-refractivity contribution in [3.8, 4) is 11.4 Å². The van der Waals surface area contributed by atoms with E-state index in [4.69, 9.17) is 4.74 Å². The quantitative estimate of drug-likeness (QED) is 0.868. The zero-order valence-electron chi connectivity index (χ0n) is 14.4. The van der Waals surface area contributed by atoms with Gasteiger partial charge in [-0.05, 0) is 25.0 Å². The largest absolute Gasteiger partial charge is 0.494 e. The number of carbonyl (C=O) groups excluding carboxylic acids is 1. The summed E-state index contributed by atoms with van der Waals surface area (Å²) < 4.78 is 6.44. The summed E-state index contributed by atoms with van der Waals surface area (Å²) in [6.07, 6.45) is 6.64. The summed E-state index contributed by atoms with van der Waals surface area (Å²) in [6.45, 7) is 0. The molecule has 0 bridgehead atoms. The molecular formula is C19H23N3O3. The van der Waals surface area contributed by atoms with E-state index in [0.29, 0.717) is 5.69 Å². The molecule has 6 nitrogen and oxygen atoms in total. The minimum atomic E-state index is -0.339. The maximum atomic E-state index is 12.7. The fourth-order valence-corrected chi connectivity index (χ4v) is 3.18. The highest BCUT2D eigenvalue weighted by Gasteiger charge is 2.21. The van der Waals surface area contributed by atoms with E-state index in [1.807, 2.05) is 18.2 Å². The average molecular weight is 341 g/mol. The molecule has 3 rings (SSSR count). The number of nitrogens with zero attached hydrogens (tertiary/aromatic N) is 2. The van der Waals surface area contributed by atoms with Crippen LogP contribution in [0.1, 0.15) is 49.0 Å². The molecule has 0 saturated heterocycles. The van der Waals surface area contributed by atoms with Crippen LogP contribution in [0.25, 0.3) is 5.69 Å². The van der Waals surface area contributed by atoms with Crippen LogP contribution in [0.3, 0.4) is 0 Å². The Morgan fingerprint density at radius 3 is 2.48 bits per heavy atom. The fraction of sp³-hybridized carbons (Fsp3) is 0.421. The van der Waals surface area contributed by atoms with Crippen LogP contribution in [0.5, 0.6) is 5.75 Å². The molecule has 1 amide bonds. The lowest BCUT2D eigenvalue weighted by Gasteiger charge is -2.17. The van der Waals surface area contributed by atoms with Crippen LogP contribution in [-0.2, 0) is 0 Å². The maximum Gasteiger partial charge on any atom is 0.275 e. The predicted molar refractivity (Wildman–Crippen MR) is 95.3 cm³/mol. The molecule has 1 saturated carbocycles. The summed E-state index contributed by atoms with van der Waals surface area (Å²) in [5.41, 5.74) is 0.405. The molecule has 2 aromatic rings. The number of benzene rings is 1. The van der Waals surface area contributed by atoms with E-state index in [0.717, 1.165) is 25.7 Å². The molecule has 1 aliphatic rings. The first-order valence-electron chi connectivity index (χ1n) is 8.73. The van der Waals surface area contributed by atoms with Crippen molar-refractivity contribution in [2.24, 2.45) is 0 Å². The second-order valence-corrected chi connectivity index (χ2v) is 6.31. The Labute approximate surface area is 146 Å². The smallest absolute Gasteiger partial charge is 0.275 e. The Balaban J connectivity index is 1.91. The number of hydrogen-bond acceptors (Lipinski definition) is 4. The van der Waals surface area contributed by atoms with Crippen molar-refractivity contribution in [1.29, 1.82) is 0 Å². The Bertz CT molecular complexity index is 778. The number of aromatic nitrogens is 2. The molecule has 25 heavy (non-hydrogen) atoms. The summed E-state index contributed by atoms with van der Waals surface area (Å²) in [5.74, 6) is -0.100. The first kappa shape index (κ1) is 17.2. The van der Waals surface area contributed by atoms with Gasteiger partial charge in [0.15, 0.2) is 11.4 Å². The van der Waals surface area contributed by atoms with Gasteiger partial charge >= 0.3 is 0 Å². The highest BCUT2D eigenvalue weighted by atomic mass is 16.5. The number of ether oxygens (including phenoxy) is 1. The molecule has 0 radical (unpaired) electrons. The number of para-hydroxylation sites is 1. The second kappa shape index (κ2) is 7.96. The number of rotatable bonds is 4. The number of amides is 1. The fourth-order valence-electron chi connectivity index (χ4n) is 3.18. The molecule has 1 heterocycles. The van der Waals surface area contributed by atoms with E-state index < -0.39 is 0 Å². The first-order valence-corrected chi connectivity index (χ1v) is 8.73. The molecule has 0 unspecified atom stereocenters. The van der Waals surface area contributed by atoms with E-state index in [9.17, 15) is 9.59 Å². The van der Waals surface area contributed by atoms with Gasteiger partial charge in [-0.2, -0.15) is 9.78 Å². The number of hydrogen-bond donors (Lipinski definition) is 1. The van der Waals surface area contributed by atoms with E-state index in [-0.39, 0.29) is 29.0 Å². The Morgan fingerprint density at radius 1 is 1.16 bits per heavy atom. The van der Waals surface area contributed by atoms with Gasteiger partial charge in [0.1, 0.15) is 0 Å². The van der Waals surface area contributed by atoms with Crippen molar-refractivity contribution in [2.75, 3.05) is 7.11 Å². The third-order valence-corrected chi connectivity index (χ3v) is 4.52. The van der Waals surface area contributed by atoms with E-state index in [2.05, 4.69) is 10.4 Å². The molecule has 1 N–H and O–H groups in total. The molecule has 1 fully saturated rings. The molecular weight excluding hydrogens is 318 g/mol. The van der Waals surface area contributed by atoms with Gasteiger partial charge in [0.2, 0.25) is 0 Å². The van der Waals surface area contributed by atoms with Gasteiger partial charge in [-0.25, -0.2) is 0 Å².